The van der Waals surface area contributed by atoms with Gasteiger partial charge >= 0.3 is 0 Å². The molecule has 21 heavy (non-hydrogen) atoms. The van der Waals surface area contributed by atoms with Crippen LogP contribution in [0.4, 0.5) is 0 Å². The van der Waals surface area contributed by atoms with Crippen molar-refractivity contribution in [1.82, 2.24) is 5.32 Å². The fourth-order valence-corrected chi connectivity index (χ4v) is 4.17. The minimum Gasteiger partial charge on any atom is -0.310 e. The van der Waals surface area contributed by atoms with Crippen molar-refractivity contribution < 1.29 is 8.42 Å². The summed E-state index contributed by atoms with van der Waals surface area (Å²) in [5.41, 5.74) is 1.11. The number of benzene rings is 1. The van der Waals surface area contributed by atoms with Crippen LogP contribution in [0.5, 0.6) is 0 Å². The van der Waals surface area contributed by atoms with Crippen LogP contribution in [0.2, 0.25) is 0 Å². The van der Waals surface area contributed by atoms with Gasteiger partial charge in [-0.25, -0.2) is 8.42 Å². The highest BCUT2D eigenvalue weighted by Crippen LogP contribution is 2.37. The zero-order valence-electron chi connectivity index (χ0n) is 13.3. The summed E-state index contributed by atoms with van der Waals surface area (Å²) < 4.78 is 23.5. The lowest BCUT2D eigenvalue weighted by molar-refractivity contribution is 0.225. The number of hydrogen-bond donors (Lipinski definition) is 1. The molecule has 0 radical (unpaired) electrons. The van der Waals surface area contributed by atoms with Gasteiger partial charge in [-0.3, -0.25) is 0 Å². The average Bonchev–Trinajstić information content (AvgIpc) is 2.44. The third-order valence-electron chi connectivity index (χ3n) is 4.52. The van der Waals surface area contributed by atoms with Crippen molar-refractivity contribution in [2.24, 2.45) is 11.8 Å². The molecule has 0 spiro atoms. The molecule has 1 fully saturated rings. The molecule has 3 atom stereocenters. The van der Waals surface area contributed by atoms with Gasteiger partial charge in [-0.1, -0.05) is 38.8 Å². The Balaban J connectivity index is 2.29. The molecule has 118 valence electrons. The summed E-state index contributed by atoms with van der Waals surface area (Å²) in [7, 11) is -3.14. The zero-order chi connectivity index (χ0) is 15.5. The van der Waals surface area contributed by atoms with Crippen molar-refractivity contribution in [2.75, 3.05) is 12.8 Å². The highest BCUT2D eigenvalue weighted by Gasteiger charge is 2.27. The van der Waals surface area contributed by atoms with Gasteiger partial charge in [-0.15, -0.1) is 0 Å². The van der Waals surface area contributed by atoms with Gasteiger partial charge in [0.1, 0.15) is 0 Å². The lowest BCUT2D eigenvalue weighted by Crippen LogP contribution is -2.31. The van der Waals surface area contributed by atoms with Crippen LogP contribution in [-0.4, -0.2) is 21.2 Å². The van der Waals surface area contributed by atoms with E-state index in [1.165, 1.54) is 31.9 Å². The van der Waals surface area contributed by atoms with Gasteiger partial charge in [0.05, 0.1) is 4.90 Å². The first kappa shape index (κ1) is 16.5. The predicted octanol–water partition coefficient (Wildman–Crippen LogP) is 3.57. The van der Waals surface area contributed by atoms with E-state index < -0.39 is 9.84 Å². The topological polar surface area (TPSA) is 46.2 Å². The van der Waals surface area contributed by atoms with E-state index in [-0.39, 0.29) is 6.04 Å². The summed E-state index contributed by atoms with van der Waals surface area (Å²) in [6.45, 7) is 5.33. The second kappa shape index (κ2) is 6.93. The van der Waals surface area contributed by atoms with E-state index in [4.69, 9.17) is 0 Å². The van der Waals surface area contributed by atoms with Crippen LogP contribution >= 0.6 is 0 Å². The van der Waals surface area contributed by atoms with Gasteiger partial charge in [-0.05, 0) is 48.9 Å². The van der Waals surface area contributed by atoms with Gasteiger partial charge in [0, 0.05) is 12.3 Å². The largest absolute Gasteiger partial charge is 0.310 e. The standard InChI is InChI=1S/C17H27NO2S/c1-4-18-17(14-8-5-7-13(2)11-14)15-9-6-10-16(12-15)21(3,19)20/h6,9-10,12-14,17-18H,4-5,7-8,11H2,1-3H3. The third kappa shape index (κ3) is 4.30. The van der Waals surface area contributed by atoms with E-state index in [1.807, 2.05) is 12.1 Å². The van der Waals surface area contributed by atoms with E-state index in [2.05, 4.69) is 25.2 Å². The molecule has 3 unspecified atom stereocenters. The lowest BCUT2D eigenvalue weighted by atomic mass is 9.76. The Morgan fingerprint density at radius 1 is 1.33 bits per heavy atom. The maximum Gasteiger partial charge on any atom is 0.175 e. The van der Waals surface area contributed by atoms with Crippen molar-refractivity contribution >= 4 is 9.84 Å². The molecule has 1 aromatic carbocycles. The Kier molecular flexibility index (Phi) is 5.44. The summed E-state index contributed by atoms with van der Waals surface area (Å²) in [6, 6.07) is 7.72. The van der Waals surface area contributed by atoms with Crippen molar-refractivity contribution in [3.05, 3.63) is 29.8 Å². The van der Waals surface area contributed by atoms with Gasteiger partial charge in [-0.2, -0.15) is 0 Å². The molecule has 3 nitrogen and oxygen atoms in total. The minimum atomic E-state index is -3.14. The molecule has 1 saturated carbocycles. The quantitative estimate of drug-likeness (QED) is 0.904. The maximum atomic E-state index is 11.8. The Morgan fingerprint density at radius 3 is 2.71 bits per heavy atom. The molecule has 0 saturated heterocycles. The normalized spacial score (nSPS) is 24.7. The molecule has 1 aliphatic carbocycles. The summed E-state index contributed by atoms with van der Waals surface area (Å²) in [4.78, 5) is 0.423. The van der Waals surface area contributed by atoms with Crippen molar-refractivity contribution in [1.29, 1.82) is 0 Å². The molecule has 0 heterocycles. The molecular weight excluding hydrogens is 282 g/mol. The monoisotopic (exact) mass is 309 g/mol. The Labute approximate surface area is 129 Å². The first-order valence-electron chi connectivity index (χ1n) is 7.95. The van der Waals surface area contributed by atoms with E-state index in [9.17, 15) is 8.42 Å². The molecule has 4 heteroatoms. The van der Waals surface area contributed by atoms with E-state index in [1.54, 1.807) is 6.07 Å². The number of rotatable bonds is 5. The fraction of sp³-hybridized carbons (Fsp3) is 0.647. The van der Waals surface area contributed by atoms with Gasteiger partial charge in [0.25, 0.3) is 0 Å². The van der Waals surface area contributed by atoms with Crippen LogP contribution in [0.25, 0.3) is 0 Å². The Bertz CT molecular complexity index is 568. The SMILES string of the molecule is CCNC(c1cccc(S(C)(=O)=O)c1)C1CCCC(C)C1. The van der Waals surface area contributed by atoms with Crippen LogP contribution in [0.1, 0.15) is 51.1 Å². The van der Waals surface area contributed by atoms with Crippen LogP contribution in [-0.2, 0) is 9.84 Å². The van der Waals surface area contributed by atoms with Gasteiger partial charge < -0.3 is 5.32 Å². The second-order valence-corrected chi connectivity index (χ2v) is 8.43. The first-order valence-corrected chi connectivity index (χ1v) is 9.84. The fourth-order valence-electron chi connectivity index (χ4n) is 3.50. The molecule has 0 bridgehead atoms. The van der Waals surface area contributed by atoms with Crippen LogP contribution < -0.4 is 5.32 Å². The number of nitrogens with one attached hydrogen (secondary N) is 1. The highest BCUT2D eigenvalue weighted by molar-refractivity contribution is 7.90. The molecular formula is C17H27NO2S. The van der Waals surface area contributed by atoms with Crippen molar-refractivity contribution in [3.8, 4) is 0 Å². The number of sulfone groups is 1. The van der Waals surface area contributed by atoms with Gasteiger partial charge in [0.15, 0.2) is 9.84 Å². The summed E-state index contributed by atoms with van der Waals surface area (Å²) in [6.07, 6.45) is 6.32. The molecule has 1 aliphatic rings. The van der Waals surface area contributed by atoms with Crippen LogP contribution in [0, 0.1) is 11.8 Å². The smallest absolute Gasteiger partial charge is 0.175 e. The highest BCUT2D eigenvalue weighted by atomic mass is 32.2. The van der Waals surface area contributed by atoms with Crippen molar-refractivity contribution in [3.63, 3.8) is 0 Å². The summed E-state index contributed by atoms with van der Waals surface area (Å²) in [5.74, 6) is 1.37. The Morgan fingerprint density at radius 2 is 2.10 bits per heavy atom. The Hall–Kier alpha value is -0.870. The first-order chi connectivity index (χ1) is 9.91. The van der Waals surface area contributed by atoms with E-state index in [0.29, 0.717) is 10.8 Å². The molecule has 1 aromatic rings. The zero-order valence-corrected chi connectivity index (χ0v) is 14.1. The van der Waals surface area contributed by atoms with Crippen LogP contribution in [0.3, 0.4) is 0 Å². The number of hydrogen-bond acceptors (Lipinski definition) is 3. The maximum absolute atomic E-state index is 11.8. The molecule has 0 amide bonds. The average molecular weight is 309 g/mol. The molecule has 2 rings (SSSR count). The molecule has 1 N–H and O–H groups in total. The summed E-state index contributed by atoms with van der Waals surface area (Å²) >= 11 is 0. The predicted molar refractivity (Wildman–Crippen MR) is 87.1 cm³/mol. The molecule has 0 aromatic heterocycles. The lowest BCUT2D eigenvalue weighted by Gasteiger charge is -2.34. The van der Waals surface area contributed by atoms with E-state index >= 15 is 0 Å². The van der Waals surface area contributed by atoms with Crippen LogP contribution in [0.15, 0.2) is 29.2 Å². The summed E-state index contributed by atoms with van der Waals surface area (Å²) in [5, 5.41) is 3.57. The van der Waals surface area contributed by atoms with E-state index in [0.717, 1.165) is 18.0 Å². The molecule has 0 aliphatic heterocycles. The second-order valence-electron chi connectivity index (χ2n) is 6.41. The van der Waals surface area contributed by atoms with Gasteiger partial charge in [0.2, 0.25) is 0 Å². The third-order valence-corrected chi connectivity index (χ3v) is 5.63. The van der Waals surface area contributed by atoms with Crippen molar-refractivity contribution in [2.45, 2.75) is 50.5 Å². The minimum absolute atomic E-state index is 0.263.